The molecule has 5 heteroatoms. The van der Waals surface area contributed by atoms with Crippen LogP contribution >= 0.6 is 11.3 Å². The second-order valence-corrected chi connectivity index (χ2v) is 4.98. The van der Waals surface area contributed by atoms with E-state index in [0.29, 0.717) is 12.7 Å². The highest BCUT2D eigenvalue weighted by atomic mass is 32.1. The Balaban J connectivity index is 1.59. The lowest BCUT2D eigenvalue weighted by atomic mass is 10.1. The molecule has 0 bridgehead atoms. The zero-order valence-corrected chi connectivity index (χ0v) is 9.87. The van der Waals surface area contributed by atoms with Gasteiger partial charge >= 0.3 is 0 Å². The molecule has 0 aliphatic carbocycles. The predicted molar refractivity (Wildman–Crippen MR) is 63.7 cm³/mol. The normalized spacial score (nSPS) is 21.6. The number of fused-ring (bicyclic) bond motifs is 1. The zero-order chi connectivity index (χ0) is 10.8. The molecule has 0 radical (unpaired) electrons. The van der Waals surface area contributed by atoms with Crippen molar-refractivity contribution in [3.63, 3.8) is 0 Å². The summed E-state index contributed by atoms with van der Waals surface area (Å²) >= 11 is 1.65. The van der Waals surface area contributed by atoms with Crippen LogP contribution in [0.15, 0.2) is 17.8 Å². The van der Waals surface area contributed by atoms with Crippen molar-refractivity contribution in [2.45, 2.75) is 25.6 Å². The molecule has 16 heavy (non-hydrogen) atoms. The molecule has 1 aliphatic heterocycles. The molecule has 1 saturated heterocycles. The van der Waals surface area contributed by atoms with E-state index >= 15 is 0 Å². The summed E-state index contributed by atoms with van der Waals surface area (Å²) in [5, 5.41) is 5.38. The number of aromatic nitrogens is 2. The van der Waals surface area contributed by atoms with Gasteiger partial charge in [0.15, 0.2) is 4.96 Å². The average molecular weight is 237 g/mol. The van der Waals surface area contributed by atoms with Crippen LogP contribution in [0.4, 0.5) is 0 Å². The van der Waals surface area contributed by atoms with E-state index in [1.807, 2.05) is 22.2 Å². The number of imidazole rings is 1. The van der Waals surface area contributed by atoms with Gasteiger partial charge in [-0.15, -0.1) is 11.3 Å². The van der Waals surface area contributed by atoms with E-state index in [1.54, 1.807) is 11.3 Å². The number of thiazole rings is 1. The lowest BCUT2D eigenvalue weighted by Crippen LogP contribution is -2.35. The van der Waals surface area contributed by atoms with Crippen molar-refractivity contribution in [3.8, 4) is 0 Å². The maximum Gasteiger partial charge on any atom is 0.193 e. The summed E-state index contributed by atoms with van der Waals surface area (Å²) < 4.78 is 7.88. The maximum absolute atomic E-state index is 5.83. The number of nitrogens with zero attached hydrogens (tertiary/aromatic N) is 2. The molecule has 3 heterocycles. The first-order valence-corrected chi connectivity index (χ1v) is 6.53. The second kappa shape index (κ2) is 4.53. The Morgan fingerprint density at radius 2 is 2.62 bits per heavy atom. The highest BCUT2D eigenvalue weighted by molar-refractivity contribution is 7.15. The van der Waals surface area contributed by atoms with Crippen molar-refractivity contribution in [2.24, 2.45) is 0 Å². The molecule has 0 spiro atoms. The molecule has 0 unspecified atom stereocenters. The van der Waals surface area contributed by atoms with Crippen molar-refractivity contribution >= 4 is 16.3 Å². The van der Waals surface area contributed by atoms with E-state index in [-0.39, 0.29) is 0 Å². The molecule has 0 saturated carbocycles. The molecule has 2 aromatic heterocycles. The number of ether oxygens (including phenoxy) is 1. The summed E-state index contributed by atoms with van der Waals surface area (Å²) in [5.41, 5.74) is 1.03. The molecule has 1 aliphatic rings. The molecule has 3 rings (SSSR count). The topological polar surface area (TPSA) is 38.6 Å². The third-order valence-corrected chi connectivity index (χ3v) is 3.63. The van der Waals surface area contributed by atoms with E-state index in [0.717, 1.165) is 30.2 Å². The van der Waals surface area contributed by atoms with Crippen LogP contribution in [0.5, 0.6) is 0 Å². The Morgan fingerprint density at radius 3 is 3.44 bits per heavy atom. The molecule has 0 amide bonds. The molecule has 1 atom stereocenters. The third kappa shape index (κ3) is 2.11. The summed E-state index contributed by atoms with van der Waals surface area (Å²) in [6.07, 6.45) is 6.80. The van der Waals surface area contributed by atoms with Gasteiger partial charge in [-0.2, -0.15) is 0 Å². The Bertz CT molecular complexity index is 430. The van der Waals surface area contributed by atoms with E-state index < -0.39 is 0 Å². The van der Waals surface area contributed by atoms with Crippen LogP contribution in [-0.4, -0.2) is 28.6 Å². The Morgan fingerprint density at radius 1 is 1.62 bits per heavy atom. The fraction of sp³-hybridized carbons (Fsp3) is 0.545. The van der Waals surface area contributed by atoms with E-state index in [1.165, 1.54) is 6.42 Å². The number of rotatable bonds is 3. The molecule has 2 aromatic rings. The summed E-state index contributed by atoms with van der Waals surface area (Å²) in [6.45, 7) is 2.73. The van der Waals surface area contributed by atoms with Gasteiger partial charge in [-0.1, -0.05) is 0 Å². The van der Waals surface area contributed by atoms with Crippen LogP contribution in [-0.2, 0) is 11.3 Å². The predicted octanol–water partition coefficient (Wildman–Crippen LogP) is 1.66. The van der Waals surface area contributed by atoms with Crippen LogP contribution < -0.4 is 5.32 Å². The van der Waals surface area contributed by atoms with Crippen LogP contribution in [0.2, 0.25) is 0 Å². The minimum atomic E-state index is 0.355. The molecular weight excluding hydrogens is 222 g/mol. The first kappa shape index (κ1) is 10.3. The smallest absolute Gasteiger partial charge is 0.193 e. The molecule has 4 nitrogen and oxygen atoms in total. The first-order chi connectivity index (χ1) is 7.92. The molecule has 1 fully saturated rings. The lowest BCUT2D eigenvalue weighted by molar-refractivity contribution is 0.0238. The van der Waals surface area contributed by atoms with Crippen molar-refractivity contribution in [2.75, 3.05) is 13.1 Å². The lowest BCUT2D eigenvalue weighted by Gasteiger charge is -2.22. The number of hydrogen-bond acceptors (Lipinski definition) is 4. The zero-order valence-electron chi connectivity index (χ0n) is 9.06. The SMILES string of the molecule is c1cn2cc(CO[C@H]3CCCNC3)nc2s1. The van der Waals surface area contributed by atoms with Gasteiger partial charge in [0.2, 0.25) is 0 Å². The third-order valence-electron chi connectivity index (χ3n) is 2.86. The number of nitrogens with one attached hydrogen (secondary N) is 1. The van der Waals surface area contributed by atoms with Gasteiger partial charge < -0.3 is 10.1 Å². The fourth-order valence-corrected chi connectivity index (χ4v) is 2.73. The Hall–Kier alpha value is -0.910. The minimum Gasteiger partial charge on any atom is -0.371 e. The van der Waals surface area contributed by atoms with Gasteiger partial charge in [-0.25, -0.2) is 4.98 Å². The molecule has 0 aromatic carbocycles. The van der Waals surface area contributed by atoms with Crippen LogP contribution in [0.3, 0.4) is 0 Å². The monoisotopic (exact) mass is 237 g/mol. The highest BCUT2D eigenvalue weighted by Crippen LogP contribution is 2.14. The molecule has 1 N–H and O–H groups in total. The Labute approximate surface area is 98.3 Å². The highest BCUT2D eigenvalue weighted by Gasteiger charge is 2.13. The second-order valence-electron chi connectivity index (χ2n) is 4.10. The largest absolute Gasteiger partial charge is 0.371 e. The van der Waals surface area contributed by atoms with Crippen molar-refractivity contribution < 1.29 is 4.74 Å². The van der Waals surface area contributed by atoms with Gasteiger partial charge in [-0.05, 0) is 19.4 Å². The fourth-order valence-electron chi connectivity index (χ4n) is 2.01. The number of piperidine rings is 1. The molecule has 86 valence electrons. The molecular formula is C11H15N3OS. The maximum atomic E-state index is 5.83. The van der Waals surface area contributed by atoms with Gasteiger partial charge in [0.1, 0.15) is 0 Å². The standard InChI is InChI=1S/C11H15N3OS/c1-2-10(6-12-3-1)15-8-9-7-14-4-5-16-11(14)13-9/h4-5,7,10,12H,1-3,6,8H2/t10-/m0/s1. The van der Waals surface area contributed by atoms with E-state index in [4.69, 9.17) is 4.74 Å². The summed E-state index contributed by atoms with van der Waals surface area (Å²) in [4.78, 5) is 5.54. The van der Waals surface area contributed by atoms with Crippen molar-refractivity contribution in [3.05, 3.63) is 23.5 Å². The van der Waals surface area contributed by atoms with Crippen molar-refractivity contribution in [1.82, 2.24) is 14.7 Å². The quantitative estimate of drug-likeness (QED) is 0.882. The number of hydrogen-bond donors (Lipinski definition) is 1. The summed E-state index contributed by atoms with van der Waals surface area (Å²) in [5.74, 6) is 0. The van der Waals surface area contributed by atoms with Gasteiger partial charge in [0, 0.05) is 24.3 Å². The first-order valence-electron chi connectivity index (χ1n) is 5.65. The van der Waals surface area contributed by atoms with Gasteiger partial charge in [0.05, 0.1) is 18.4 Å². The summed E-state index contributed by atoms with van der Waals surface area (Å²) in [6, 6.07) is 0. The van der Waals surface area contributed by atoms with Gasteiger partial charge in [-0.3, -0.25) is 4.40 Å². The van der Waals surface area contributed by atoms with Crippen LogP contribution in [0.1, 0.15) is 18.5 Å². The van der Waals surface area contributed by atoms with Gasteiger partial charge in [0.25, 0.3) is 0 Å². The van der Waals surface area contributed by atoms with Crippen LogP contribution in [0, 0.1) is 0 Å². The Kier molecular flexibility index (Phi) is 2.90. The average Bonchev–Trinajstić information content (AvgIpc) is 2.88. The summed E-state index contributed by atoms with van der Waals surface area (Å²) in [7, 11) is 0. The van der Waals surface area contributed by atoms with E-state index in [9.17, 15) is 0 Å². The minimum absolute atomic E-state index is 0.355. The van der Waals surface area contributed by atoms with E-state index in [2.05, 4.69) is 10.3 Å². The van der Waals surface area contributed by atoms with Crippen molar-refractivity contribution in [1.29, 1.82) is 0 Å². The van der Waals surface area contributed by atoms with Crippen LogP contribution in [0.25, 0.3) is 4.96 Å².